The zero-order valence-corrected chi connectivity index (χ0v) is 10.3. The van der Waals surface area contributed by atoms with E-state index in [1.165, 1.54) is 36.7 Å². The van der Waals surface area contributed by atoms with E-state index in [1.807, 2.05) is 6.07 Å². The van der Waals surface area contributed by atoms with E-state index in [0.717, 1.165) is 0 Å². The predicted molar refractivity (Wildman–Crippen MR) is 67.4 cm³/mol. The van der Waals surface area contributed by atoms with Crippen LogP contribution in [0.15, 0.2) is 36.7 Å². The zero-order valence-electron chi connectivity index (χ0n) is 9.50. The fourth-order valence-corrected chi connectivity index (χ4v) is 1.59. The van der Waals surface area contributed by atoms with Crippen molar-refractivity contribution in [3.63, 3.8) is 0 Å². The summed E-state index contributed by atoms with van der Waals surface area (Å²) in [5.74, 6) is -0.909. The highest BCUT2D eigenvalue weighted by Crippen LogP contribution is 2.29. The summed E-state index contributed by atoms with van der Waals surface area (Å²) < 4.78 is 5.42. The molecule has 0 atom stereocenters. The lowest BCUT2D eigenvalue weighted by Crippen LogP contribution is -2.00. The third kappa shape index (κ3) is 2.81. The first-order valence-corrected chi connectivity index (χ1v) is 5.54. The Balaban J connectivity index is 2.46. The lowest BCUT2D eigenvalue weighted by Gasteiger charge is -2.09. The maximum absolute atomic E-state index is 11.1. The highest BCUT2D eigenvalue weighted by Gasteiger charge is 2.14. The lowest BCUT2D eigenvalue weighted by atomic mass is 10.2. The zero-order chi connectivity index (χ0) is 13.8. The number of ether oxygens (including phenoxy) is 1. The van der Waals surface area contributed by atoms with Gasteiger partial charge in [-0.1, -0.05) is 11.6 Å². The number of benzene rings is 1. The van der Waals surface area contributed by atoms with Crippen molar-refractivity contribution in [1.82, 2.24) is 4.98 Å². The van der Waals surface area contributed by atoms with Crippen LogP contribution in [-0.4, -0.2) is 16.1 Å². The number of carboxylic acid groups (broad SMARTS) is 1. The predicted octanol–water partition coefficient (Wildman–Crippen LogP) is 3.10. The molecule has 0 aliphatic carbocycles. The van der Waals surface area contributed by atoms with Gasteiger partial charge in [-0.25, -0.2) is 4.79 Å². The van der Waals surface area contributed by atoms with Gasteiger partial charge in [0, 0.05) is 17.3 Å². The minimum absolute atomic E-state index is 0.0443. The van der Waals surface area contributed by atoms with Crippen molar-refractivity contribution in [1.29, 1.82) is 5.26 Å². The van der Waals surface area contributed by atoms with E-state index in [4.69, 9.17) is 26.7 Å². The van der Waals surface area contributed by atoms with Gasteiger partial charge in [-0.05, 0) is 18.2 Å². The molecule has 2 rings (SSSR count). The second kappa shape index (κ2) is 5.38. The molecular weight excluding hydrogens is 268 g/mol. The Kier molecular flexibility index (Phi) is 3.64. The van der Waals surface area contributed by atoms with E-state index in [0.29, 0.717) is 5.02 Å². The first-order chi connectivity index (χ1) is 9.11. The molecule has 0 saturated heterocycles. The molecule has 94 valence electrons. The van der Waals surface area contributed by atoms with Crippen LogP contribution in [0.2, 0.25) is 5.02 Å². The van der Waals surface area contributed by atoms with E-state index in [9.17, 15) is 4.79 Å². The van der Waals surface area contributed by atoms with Crippen LogP contribution >= 0.6 is 11.6 Å². The fourth-order valence-electron chi connectivity index (χ4n) is 1.43. The van der Waals surface area contributed by atoms with Crippen LogP contribution in [0, 0.1) is 11.3 Å². The van der Waals surface area contributed by atoms with Crippen LogP contribution in [0.5, 0.6) is 11.5 Å². The molecule has 19 heavy (non-hydrogen) atoms. The number of aromatic nitrogens is 1. The number of carbonyl (C=O) groups is 1. The van der Waals surface area contributed by atoms with Crippen molar-refractivity contribution in [3.05, 3.63) is 52.8 Å². The van der Waals surface area contributed by atoms with Crippen LogP contribution in [0.25, 0.3) is 0 Å². The Labute approximate surface area is 113 Å². The van der Waals surface area contributed by atoms with Gasteiger partial charge in [0.15, 0.2) is 5.75 Å². The topological polar surface area (TPSA) is 83.2 Å². The molecule has 1 aromatic heterocycles. The molecule has 0 unspecified atom stereocenters. The quantitative estimate of drug-likeness (QED) is 0.930. The normalized spacial score (nSPS) is 9.68. The second-order valence-corrected chi connectivity index (χ2v) is 3.97. The summed E-state index contributed by atoms with van der Waals surface area (Å²) in [5.41, 5.74) is 0.212. The Hall–Kier alpha value is -2.58. The Morgan fingerprint density at radius 2 is 2.16 bits per heavy atom. The molecule has 2 aromatic rings. The molecule has 0 radical (unpaired) electrons. The van der Waals surface area contributed by atoms with Crippen molar-refractivity contribution < 1.29 is 14.6 Å². The van der Waals surface area contributed by atoms with Crippen LogP contribution in [0.4, 0.5) is 0 Å². The summed E-state index contributed by atoms with van der Waals surface area (Å²) in [7, 11) is 0. The van der Waals surface area contributed by atoms with Gasteiger partial charge in [0.05, 0.1) is 11.8 Å². The van der Waals surface area contributed by atoms with E-state index in [2.05, 4.69) is 4.98 Å². The Bertz CT molecular complexity index is 680. The number of nitriles is 1. The molecule has 5 nitrogen and oxygen atoms in total. The number of aromatic carboxylic acids is 1. The summed E-state index contributed by atoms with van der Waals surface area (Å²) in [6.07, 6.45) is 2.78. The fraction of sp³-hybridized carbons (Fsp3) is 0. The summed E-state index contributed by atoms with van der Waals surface area (Å²) in [6, 6.07) is 7.57. The average Bonchev–Trinajstić information content (AvgIpc) is 2.39. The maximum Gasteiger partial charge on any atom is 0.339 e. The van der Waals surface area contributed by atoms with Crippen LogP contribution in [0.3, 0.4) is 0 Å². The van der Waals surface area contributed by atoms with Gasteiger partial charge in [-0.2, -0.15) is 5.26 Å². The first-order valence-electron chi connectivity index (χ1n) is 5.16. The van der Waals surface area contributed by atoms with Crippen molar-refractivity contribution in [2.45, 2.75) is 0 Å². The maximum atomic E-state index is 11.1. The number of pyridine rings is 1. The smallest absolute Gasteiger partial charge is 0.339 e. The second-order valence-electron chi connectivity index (χ2n) is 3.53. The van der Waals surface area contributed by atoms with Crippen molar-refractivity contribution >= 4 is 17.6 Å². The Morgan fingerprint density at radius 1 is 1.37 bits per heavy atom. The number of nitrogens with zero attached hydrogens (tertiary/aromatic N) is 2. The van der Waals surface area contributed by atoms with Gasteiger partial charge >= 0.3 is 5.97 Å². The molecule has 1 heterocycles. The third-order valence-corrected chi connectivity index (χ3v) is 2.53. The molecule has 6 heteroatoms. The number of rotatable bonds is 3. The average molecular weight is 275 g/mol. The third-order valence-electron chi connectivity index (χ3n) is 2.30. The van der Waals surface area contributed by atoms with E-state index in [-0.39, 0.29) is 22.6 Å². The monoisotopic (exact) mass is 274 g/mol. The molecule has 1 aromatic carbocycles. The van der Waals surface area contributed by atoms with E-state index in [1.54, 1.807) is 0 Å². The van der Waals surface area contributed by atoms with Crippen molar-refractivity contribution in [3.8, 4) is 17.6 Å². The first kappa shape index (κ1) is 12.9. The number of hydrogen-bond acceptors (Lipinski definition) is 4. The van der Waals surface area contributed by atoms with Crippen LogP contribution in [-0.2, 0) is 0 Å². The van der Waals surface area contributed by atoms with Crippen LogP contribution < -0.4 is 4.74 Å². The van der Waals surface area contributed by atoms with E-state index < -0.39 is 5.97 Å². The molecule has 0 spiro atoms. The summed E-state index contributed by atoms with van der Waals surface area (Å²) in [6.45, 7) is 0. The SMILES string of the molecule is N#Cc1ccncc1Oc1cc(Cl)ccc1C(=O)O. The molecule has 0 bridgehead atoms. The van der Waals surface area contributed by atoms with Crippen molar-refractivity contribution in [2.24, 2.45) is 0 Å². The summed E-state index contributed by atoms with van der Waals surface area (Å²) >= 11 is 5.81. The number of hydrogen-bond donors (Lipinski definition) is 1. The molecule has 0 saturated carbocycles. The molecule has 0 aliphatic rings. The number of halogens is 1. The van der Waals surface area contributed by atoms with Gasteiger partial charge in [-0.3, -0.25) is 4.98 Å². The molecular formula is C13H7ClN2O3. The summed E-state index contributed by atoms with van der Waals surface area (Å²) in [5, 5.41) is 18.3. The van der Waals surface area contributed by atoms with Gasteiger partial charge < -0.3 is 9.84 Å². The van der Waals surface area contributed by atoms with Gasteiger partial charge in [-0.15, -0.1) is 0 Å². The standard InChI is InChI=1S/C13H7ClN2O3/c14-9-1-2-10(13(17)18)11(5-9)19-12-7-16-4-3-8(12)6-15/h1-5,7H,(H,17,18). The number of carboxylic acids is 1. The minimum atomic E-state index is -1.14. The highest BCUT2D eigenvalue weighted by atomic mass is 35.5. The minimum Gasteiger partial charge on any atom is -0.478 e. The molecule has 1 N–H and O–H groups in total. The lowest BCUT2D eigenvalue weighted by molar-refractivity contribution is 0.0694. The van der Waals surface area contributed by atoms with Crippen molar-refractivity contribution in [2.75, 3.05) is 0 Å². The highest BCUT2D eigenvalue weighted by molar-refractivity contribution is 6.30. The van der Waals surface area contributed by atoms with Gasteiger partial charge in [0.2, 0.25) is 0 Å². The van der Waals surface area contributed by atoms with Crippen LogP contribution in [0.1, 0.15) is 15.9 Å². The van der Waals surface area contributed by atoms with Gasteiger partial charge in [0.25, 0.3) is 0 Å². The molecule has 0 fully saturated rings. The Morgan fingerprint density at radius 3 is 2.84 bits per heavy atom. The van der Waals surface area contributed by atoms with Gasteiger partial charge in [0.1, 0.15) is 17.4 Å². The summed E-state index contributed by atoms with van der Waals surface area (Å²) in [4.78, 5) is 14.9. The van der Waals surface area contributed by atoms with E-state index >= 15 is 0 Å². The molecule has 0 amide bonds. The molecule has 0 aliphatic heterocycles. The largest absolute Gasteiger partial charge is 0.478 e.